The standard InChI is InChI=1S/C39H56F4N2O4.C2H6/c1-7-13-29(15-10-11-16-31(9-3)32(14-8-2)20-19-28(4)23-36(46)47)26-35-38(5,6)45(21-22-49-35)37(48)44-34-18-12-17-33(40)24-30(25-34)27-39(41,42)43;1-2/h9-10,13,15,17-18,24,26,28,31-32H,3,7-8,11-12,14,16,19-23,25,27H2,1-2,4-6H3,(H,44,48)(H,46,47);1-2H3/b15-10+,29-13-,30-24+,33-17+,34-18?,35-26+;/t28-,31?,32?;/m0./s1. The van der Waals surface area contributed by atoms with E-state index in [1.165, 1.54) is 6.08 Å². The van der Waals surface area contributed by atoms with Crippen molar-refractivity contribution >= 4 is 12.0 Å². The topological polar surface area (TPSA) is 78.9 Å². The summed E-state index contributed by atoms with van der Waals surface area (Å²) in [7, 11) is 0. The number of urea groups is 1. The molecule has 3 atom stereocenters. The fourth-order valence-electron chi connectivity index (χ4n) is 6.47. The fourth-order valence-corrected chi connectivity index (χ4v) is 6.47. The number of nitrogens with zero attached hydrogens (tertiary/aromatic N) is 1. The Labute approximate surface area is 304 Å². The van der Waals surface area contributed by atoms with Crippen LogP contribution in [0.4, 0.5) is 22.4 Å². The van der Waals surface area contributed by atoms with E-state index in [0.29, 0.717) is 23.3 Å². The van der Waals surface area contributed by atoms with Gasteiger partial charge < -0.3 is 20.1 Å². The van der Waals surface area contributed by atoms with Gasteiger partial charge in [-0.3, -0.25) is 4.79 Å². The molecule has 1 aliphatic heterocycles. The normalized spacial score (nSPS) is 21.3. The zero-order valence-corrected chi connectivity index (χ0v) is 31.9. The number of halogens is 4. The predicted octanol–water partition coefficient (Wildman–Crippen LogP) is 11.9. The van der Waals surface area contributed by atoms with E-state index in [1.807, 2.05) is 53.7 Å². The fraction of sp³-hybridized carbons (Fsp3) is 0.610. The maximum Gasteiger partial charge on any atom is 0.392 e. The van der Waals surface area contributed by atoms with Crippen molar-refractivity contribution in [3.63, 3.8) is 0 Å². The molecule has 2 aliphatic rings. The number of carbonyl (C=O) groups is 2. The predicted molar refractivity (Wildman–Crippen MR) is 199 cm³/mol. The van der Waals surface area contributed by atoms with Crippen LogP contribution in [0.25, 0.3) is 0 Å². The molecule has 0 bridgehead atoms. The highest BCUT2D eigenvalue weighted by Gasteiger charge is 2.39. The SMILES string of the molecule is C=CC(CC/C=C/C(=C/CC)/C=C1/OCCN(C(=O)NC2=CC/C=C(F)\C=C(\CC(F)(F)F)C2)C1(C)C)C(CCC)CC[C@H](C)CC(=O)O.CC. The lowest BCUT2D eigenvalue weighted by atomic mass is 9.80. The number of allylic oxidation sites excluding steroid dienone is 11. The Morgan fingerprint density at radius 3 is 2.45 bits per heavy atom. The van der Waals surface area contributed by atoms with Crippen molar-refractivity contribution in [2.24, 2.45) is 17.8 Å². The number of rotatable bonds is 17. The maximum absolute atomic E-state index is 14.0. The first-order chi connectivity index (χ1) is 24.1. The zero-order valence-electron chi connectivity index (χ0n) is 31.9. The number of carboxylic acid groups (broad SMARTS) is 1. The Hall–Kier alpha value is -3.56. The van der Waals surface area contributed by atoms with E-state index in [4.69, 9.17) is 9.84 Å². The molecular formula is C41H62F4N2O4. The van der Waals surface area contributed by atoms with E-state index in [2.05, 4.69) is 37.0 Å². The van der Waals surface area contributed by atoms with E-state index >= 15 is 0 Å². The van der Waals surface area contributed by atoms with Gasteiger partial charge in [-0.25, -0.2) is 9.18 Å². The number of aliphatic carboxylic acids is 1. The van der Waals surface area contributed by atoms with Crippen molar-refractivity contribution in [1.82, 2.24) is 10.2 Å². The zero-order chi connectivity index (χ0) is 38.6. The molecule has 288 valence electrons. The first-order valence-electron chi connectivity index (χ1n) is 18.5. The number of amides is 2. The van der Waals surface area contributed by atoms with Gasteiger partial charge in [-0.15, -0.1) is 6.58 Å². The second kappa shape index (κ2) is 23.1. The van der Waals surface area contributed by atoms with E-state index in [-0.39, 0.29) is 43.9 Å². The minimum atomic E-state index is -4.50. The van der Waals surface area contributed by atoms with Gasteiger partial charge in [0, 0.05) is 18.5 Å². The summed E-state index contributed by atoms with van der Waals surface area (Å²) in [5.41, 5.74) is 0.205. The third-order valence-electron chi connectivity index (χ3n) is 9.06. The van der Waals surface area contributed by atoms with E-state index in [0.717, 1.165) is 56.6 Å². The third kappa shape index (κ3) is 17.0. The highest BCUT2D eigenvalue weighted by molar-refractivity contribution is 5.77. The van der Waals surface area contributed by atoms with Crippen LogP contribution < -0.4 is 5.32 Å². The Balaban J connectivity index is 0.00000638. The monoisotopic (exact) mass is 722 g/mol. The number of hydrogen-bond acceptors (Lipinski definition) is 3. The van der Waals surface area contributed by atoms with Gasteiger partial charge in [-0.05, 0) is 93.9 Å². The van der Waals surface area contributed by atoms with Crippen molar-refractivity contribution < 1.29 is 37.0 Å². The number of carbonyl (C=O) groups excluding carboxylic acids is 1. The molecule has 0 aromatic carbocycles. The van der Waals surface area contributed by atoms with Gasteiger partial charge in [-0.2, -0.15) is 13.2 Å². The number of nitrogens with one attached hydrogen (secondary N) is 1. The van der Waals surface area contributed by atoms with Crippen LogP contribution in [0.1, 0.15) is 119 Å². The number of hydrogen-bond donors (Lipinski definition) is 2. The molecule has 1 aliphatic carbocycles. The molecule has 0 spiro atoms. The van der Waals surface area contributed by atoms with Crippen LogP contribution in [0.15, 0.2) is 83.6 Å². The summed E-state index contributed by atoms with van der Waals surface area (Å²) < 4.78 is 59.4. The van der Waals surface area contributed by atoms with Crippen LogP contribution >= 0.6 is 0 Å². The second-order valence-corrected chi connectivity index (χ2v) is 13.6. The first kappa shape index (κ1) is 45.5. The van der Waals surface area contributed by atoms with Crippen LogP contribution in [0.5, 0.6) is 0 Å². The van der Waals surface area contributed by atoms with Gasteiger partial charge in [0.05, 0.1) is 18.5 Å². The lowest BCUT2D eigenvalue weighted by Gasteiger charge is -2.43. The van der Waals surface area contributed by atoms with E-state index in [1.54, 1.807) is 11.0 Å². The van der Waals surface area contributed by atoms with Gasteiger partial charge in [-0.1, -0.05) is 83.4 Å². The molecule has 2 amide bonds. The highest BCUT2D eigenvalue weighted by Crippen LogP contribution is 2.33. The lowest BCUT2D eigenvalue weighted by Crippen LogP contribution is -2.57. The Bertz CT molecular complexity index is 1310. The summed E-state index contributed by atoms with van der Waals surface area (Å²) >= 11 is 0. The van der Waals surface area contributed by atoms with Crippen LogP contribution in [0, 0.1) is 17.8 Å². The van der Waals surface area contributed by atoms with Crippen molar-refractivity contribution in [1.29, 1.82) is 0 Å². The molecule has 0 saturated carbocycles. The van der Waals surface area contributed by atoms with Crippen LogP contribution in [-0.4, -0.2) is 46.9 Å². The molecule has 10 heteroatoms. The van der Waals surface area contributed by atoms with Crippen LogP contribution in [-0.2, 0) is 9.53 Å². The van der Waals surface area contributed by atoms with Gasteiger partial charge in [0.15, 0.2) is 0 Å². The number of morpholine rings is 1. The molecule has 1 saturated heterocycles. The first-order valence-corrected chi connectivity index (χ1v) is 18.5. The Morgan fingerprint density at radius 2 is 1.84 bits per heavy atom. The quantitative estimate of drug-likeness (QED) is 0.0890. The molecular weight excluding hydrogens is 660 g/mol. The minimum Gasteiger partial charge on any atom is -0.494 e. The minimum absolute atomic E-state index is 0.139. The molecule has 1 fully saturated rings. The van der Waals surface area contributed by atoms with Crippen molar-refractivity contribution in [3.8, 4) is 0 Å². The summed E-state index contributed by atoms with van der Waals surface area (Å²) in [4.78, 5) is 26.2. The Morgan fingerprint density at radius 1 is 1.14 bits per heavy atom. The molecule has 2 rings (SSSR count). The smallest absolute Gasteiger partial charge is 0.392 e. The third-order valence-corrected chi connectivity index (χ3v) is 9.06. The van der Waals surface area contributed by atoms with Gasteiger partial charge in [0.2, 0.25) is 0 Å². The lowest BCUT2D eigenvalue weighted by molar-refractivity contribution is -0.138. The van der Waals surface area contributed by atoms with Crippen LogP contribution in [0.2, 0.25) is 0 Å². The molecule has 51 heavy (non-hydrogen) atoms. The second-order valence-electron chi connectivity index (χ2n) is 13.6. The van der Waals surface area contributed by atoms with Crippen LogP contribution in [0.3, 0.4) is 0 Å². The summed E-state index contributed by atoms with van der Waals surface area (Å²) in [6.45, 7) is 18.6. The molecule has 0 aromatic rings. The Kier molecular flexibility index (Phi) is 20.6. The van der Waals surface area contributed by atoms with E-state index < -0.39 is 36.0 Å². The highest BCUT2D eigenvalue weighted by atomic mass is 19.4. The molecule has 1 heterocycles. The molecule has 2 N–H and O–H groups in total. The molecule has 2 unspecified atom stereocenters. The molecule has 6 nitrogen and oxygen atoms in total. The van der Waals surface area contributed by atoms with Crippen molar-refractivity contribution in [2.45, 2.75) is 131 Å². The number of alkyl halides is 3. The average Bonchev–Trinajstić information content (AvgIpc) is 3.03. The summed E-state index contributed by atoms with van der Waals surface area (Å²) in [6.07, 6.45) is 14.7. The molecule has 0 aromatic heterocycles. The van der Waals surface area contributed by atoms with Crippen molar-refractivity contribution in [3.05, 3.63) is 83.6 Å². The summed E-state index contributed by atoms with van der Waals surface area (Å²) in [5.74, 6) is 0.0319. The number of ether oxygens (including phenoxy) is 1. The van der Waals surface area contributed by atoms with Gasteiger partial charge in [0.1, 0.15) is 18.2 Å². The summed E-state index contributed by atoms with van der Waals surface area (Å²) in [5, 5.41) is 11.9. The summed E-state index contributed by atoms with van der Waals surface area (Å²) in [6, 6.07) is -0.465. The van der Waals surface area contributed by atoms with Crippen molar-refractivity contribution in [2.75, 3.05) is 13.2 Å². The molecule has 0 radical (unpaired) electrons. The van der Waals surface area contributed by atoms with E-state index in [9.17, 15) is 27.2 Å². The average molecular weight is 723 g/mol. The van der Waals surface area contributed by atoms with Gasteiger partial charge in [0.25, 0.3) is 0 Å². The van der Waals surface area contributed by atoms with Gasteiger partial charge >= 0.3 is 18.2 Å². The maximum atomic E-state index is 14.0. The number of carboxylic acids is 1. The largest absolute Gasteiger partial charge is 0.494 e.